The number of aliphatic hydroxyl groups excluding tert-OH is 1. The van der Waals surface area contributed by atoms with Crippen molar-refractivity contribution in [1.82, 2.24) is 0 Å². The maximum atomic E-state index is 11.5. The Balaban J connectivity index is 2.72. The van der Waals surface area contributed by atoms with E-state index in [0.29, 0.717) is 0 Å². The third-order valence-electron chi connectivity index (χ3n) is 3.29. The molecule has 5 atom stereocenters. The molecule has 0 aromatic carbocycles. The lowest BCUT2D eigenvalue weighted by Gasteiger charge is -2.42. The Kier molecular flexibility index (Phi) is 6.84. The van der Waals surface area contributed by atoms with E-state index in [-0.39, 0.29) is 18.5 Å². The van der Waals surface area contributed by atoms with E-state index < -0.39 is 30.7 Å². The van der Waals surface area contributed by atoms with Crippen LogP contribution in [0.15, 0.2) is 0 Å². The van der Waals surface area contributed by atoms with E-state index in [0.717, 1.165) is 0 Å². The average Bonchev–Trinajstić information content (AvgIpc) is 2.43. The second-order valence-corrected chi connectivity index (χ2v) is 4.95. The predicted molar refractivity (Wildman–Crippen MR) is 69.1 cm³/mol. The molecule has 7 heteroatoms. The minimum Gasteiger partial charge on any atom is -0.463 e. The molecule has 1 aliphatic heterocycles. The molecule has 7 nitrogen and oxygen atoms in total. The van der Waals surface area contributed by atoms with Crippen LogP contribution in [0.25, 0.3) is 0 Å². The lowest BCUT2D eigenvalue weighted by atomic mass is 9.98. The molecule has 0 aliphatic carbocycles. The fraction of sp³-hybridized carbons (Fsp3) is 0.923. The zero-order valence-corrected chi connectivity index (χ0v) is 12.6. The van der Waals surface area contributed by atoms with Gasteiger partial charge in [0.1, 0.15) is 31.0 Å². The van der Waals surface area contributed by atoms with Crippen molar-refractivity contribution in [1.29, 1.82) is 0 Å². The highest BCUT2D eigenvalue weighted by atomic mass is 16.7. The van der Waals surface area contributed by atoms with Gasteiger partial charge in [0.05, 0.1) is 5.92 Å². The number of methoxy groups -OCH3 is 3. The molecule has 20 heavy (non-hydrogen) atoms. The van der Waals surface area contributed by atoms with Crippen LogP contribution in [-0.4, -0.2) is 69.7 Å². The van der Waals surface area contributed by atoms with Crippen molar-refractivity contribution in [3.05, 3.63) is 0 Å². The number of aliphatic hydroxyl groups is 1. The third-order valence-corrected chi connectivity index (χ3v) is 3.29. The molecule has 0 radical (unpaired) electrons. The Labute approximate surface area is 119 Å². The molecule has 0 bridgehead atoms. The zero-order chi connectivity index (χ0) is 15.3. The number of carbonyl (C=O) groups excluding carboxylic acids is 1. The lowest BCUT2D eigenvalue weighted by Crippen LogP contribution is -2.60. The van der Waals surface area contributed by atoms with Gasteiger partial charge in [-0.1, -0.05) is 13.8 Å². The second kappa shape index (κ2) is 7.90. The van der Waals surface area contributed by atoms with Crippen molar-refractivity contribution in [2.45, 2.75) is 44.6 Å². The van der Waals surface area contributed by atoms with Gasteiger partial charge in [0, 0.05) is 21.3 Å². The average molecular weight is 292 g/mol. The number of esters is 1. The summed E-state index contributed by atoms with van der Waals surface area (Å²) in [6.07, 6.45) is -3.47. The van der Waals surface area contributed by atoms with Gasteiger partial charge < -0.3 is 28.8 Å². The van der Waals surface area contributed by atoms with E-state index in [4.69, 9.17) is 23.7 Å². The summed E-state index contributed by atoms with van der Waals surface area (Å²) in [4.78, 5) is 11.5. The standard InChI is InChI=1S/C13H24O7/c1-7(2)12(14)19-6-8-9(16-3)10(17-4)11(18-5)13(15)20-8/h7-11,13,15H,6H2,1-5H3/t8-,9-,10+,11-,13+/m1/s1. The van der Waals surface area contributed by atoms with Crippen LogP contribution in [0.5, 0.6) is 0 Å². The number of rotatable bonds is 6. The Bertz CT molecular complexity index is 307. The highest BCUT2D eigenvalue weighted by Crippen LogP contribution is 2.26. The van der Waals surface area contributed by atoms with Gasteiger partial charge in [-0.15, -0.1) is 0 Å². The molecular formula is C13H24O7. The maximum absolute atomic E-state index is 11.5. The van der Waals surface area contributed by atoms with Gasteiger partial charge in [0.15, 0.2) is 6.29 Å². The van der Waals surface area contributed by atoms with Crippen molar-refractivity contribution >= 4 is 5.97 Å². The van der Waals surface area contributed by atoms with E-state index in [9.17, 15) is 9.90 Å². The van der Waals surface area contributed by atoms with E-state index in [1.165, 1.54) is 21.3 Å². The molecule has 1 heterocycles. The SMILES string of the molecule is CO[C@@H]1[C@@H](OC)[C@@H](O)O[C@H](COC(=O)C(C)C)[C@H]1OC. The molecule has 0 saturated carbocycles. The van der Waals surface area contributed by atoms with Crippen LogP contribution in [0.3, 0.4) is 0 Å². The first-order chi connectivity index (χ1) is 9.46. The van der Waals surface area contributed by atoms with Crippen LogP contribution >= 0.6 is 0 Å². The molecule has 118 valence electrons. The van der Waals surface area contributed by atoms with Crippen LogP contribution < -0.4 is 0 Å². The minimum atomic E-state index is -1.17. The monoisotopic (exact) mass is 292 g/mol. The molecule has 1 aliphatic rings. The number of hydrogen-bond acceptors (Lipinski definition) is 7. The first kappa shape index (κ1) is 17.3. The van der Waals surface area contributed by atoms with E-state index >= 15 is 0 Å². The molecule has 1 saturated heterocycles. The molecule has 0 spiro atoms. The molecule has 0 aromatic rings. The van der Waals surface area contributed by atoms with E-state index in [2.05, 4.69) is 0 Å². The first-order valence-corrected chi connectivity index (χ1v) is 6.54. The van der Waals surface area contributed by atoms with Gasteiger partial charge in [0.2, 0.25) is 0 Å². The molecule has 0 unspecified atom stereocenters. The number of hydrogen-bond donors (Lipinski definition) is 1. The van der Waals surface area contributed by atoms with Crippen LogP contribution in [0.4, 0.5) is 0 Å². The van der Waals surface area contributed by atoms with Crippen LogP contribution in [0.1, 0.15) is 13.8 Å². The smallest absolute Gasteiger partial charge is 0.308 e. The van der Waals surface area contributed by atoms with Gasteiger partial charge >= 0.3 is 5.97 Å². The second-order valence-electron chi connectivity index (χ2n) is 4.95. The molecular weight excluding hydrogens is 268 g/mol. The van der Waals surface area contributed by atoms with Crippen LogP contribution in [-0.2, 0) is 28.5 Å². The number of ether oxygens (including phenoxy) is 5. The van der Waals surface area contributed by atoms with Crippen molar-refractivity contribution in [3.63, 3.8) is 0 Å². The Morgan fingerprint density at radius 2 is 1.65 bits per heavy atom. The summed E-state index contributed by atoms with van der Waals surface area (Å²) >= 11 is 0. The largest absolute Gasteiger partial charge is 0.463 e. The summed E-state index contributed by atoms with van der Waals surface area (Å²) in [5, 5.41) is 9.91. The highest BCUT2D eigenvalue weighted by molar-refractivity contribution is 5.71. The maximum Gasteiger partial charge on any atom is 0.308 e. The topological polar surface area (TPSA) is 83.5 Å². The molecule has 1 fully saturated rings. The molecule has 1 N–H and O–H groups in total. The summed E-state index contributed by atoms with van der Waals surface area (Å²) in [5.41, 5.74) is 0. The molecule has 0 amide bonds. The quantitative estimate of drug-likeness (QED) is 0.687. The summed E-state index contributed by atoms with van der Waals surface area (Å²) in [6.45, 7) is 3.47. The van der Waals surface area contributed by atoms with Crippen LogP contribution in [0.2, 0.25) is 0 Å². The molecule has 0 aromatic heterocycles. The van der Waals surface area contributed by atoms with E-state index in [1.807, 2.05) is 0 Å². The summed E-state index contributed by atoms with van der Waals surface area (Å²) in [7, 11) is 4.45. The third kappa shape index (κ3) is 3.89. The first-order valence-electron chi connectivity index (χ1n) is 6.54. The summed E-state index contributed by atoms with van der Waals surface area (Å²) in [6, 6.07) is 0. The van der Waals surface area contributed by atoms with Crippen molar-refractivity contribution < 1.29 is 33.6 Å². The Morgan fingerprint density at radius 1 is 1.10 bits per heavy atom. The van der Waals surface area contributed by atoms with Crippen molar-refractivity contribution in [2.75, 3.05) is 27.9 Å². The summed E-state index contributed by atoms with van der Waals surface area (Å²) < 4.78 is 26.4. The Morgan fingerprint density at radius 3 is 2.10 bits per heavy atom. The zero-order valence-electron chi connectivity index (χ0n) is 12.6. The van der Waals surface area contributed by atoms with Crippen molar-refractivity contribution in [2.24, 2.45) is 5.92 Å². The van der Waals surface area contributed by atoms with Gasteiger partial charge in [0.25, 0.3) is 0 Å². The molecule has 1 rings (SSSR count). The van der Waals surface area contributed by atoms with Gasteiger partial charge in [-0.3, -0.25) is 4.79 Å². The van der Waals surface area contributed by atoms with Gasteiger partial charge in [-0.25, -0.2) is 0 Å². The predicted octanol–water partition coefficient (Wildman–Crippen LogP) is -0.0522. The Hall–Kier alpha value is -0.730. The minimum absolute atomic E-state index is 0.0110. The van der Waals surface area contributed by atoms with E-state index in [1.54, 1.807) is 13.8 Å². The normalized spacial score (nSPS) is 34.2. The van der Waals surface area contributed by atoms with Crippen molar-refractivity contribution in [3.8, 4) is 0 Å². The van der Waals surface area contributed by atoms with Gasteiger partial charge in [-0.2, -0.15) is 0 Å². The van der Waals surface area contributed by atoms with Crippen LogP contribution in [0, 0.1) is 5.92 Å². The number of carbonyl (C=O) groups is 1. The van der Waals surface area contributed by atoms with Gasteiger partial charge in [-0.05, 0) is 0 Å². The fourth-order valence-corrected chi connectivity index (χ4v) is 2.16. The fourth-order valence-electron chi connectivity index (χ4n) is 2.16. The lowest BCUT2D eigenvalue weighted by molar-refractivity contribution is -0.300. The summed E-state index contributed by atoms with van der Waals surface area (Å²) in [5.74, 6) is -0.560. The highest BCUT2D eigenvalue weighted by Gasteiger charge is 2.46.